The third-order valence-electron chi connectivity index (χ3n) is 5.45. The number of hydrogen-bond donors (Lipinski definition) is 1. The van der Waals surface area contributed by atoms with Crippen molar-refractivity contribution in [3.63, 3.8) is 0 Å². The maximum Gasteiger partial charge on any atom is 0.339 e. The summed E-state index contributed by atoms with van der Waals surface area (Å²) in [5.74, 6) is -1.17. The van der Waals surface area contributed by atoms with Gasteiger partial charge in [0, 0.05) is 17.9 Å². The number of thioether (sulfide) groups is 1. The number of aromatic amines is 1. The summed E-state index contributed by atoms with van der Waals surface area (Å²) in [5, 5.41) is 0. The Morgan fingerprint density at radius 2 is 2.00 bits per heavy atom. The highest BCUT2D eigenvalue weighted by Crippen LogP contribution is 2.47. The van der Waals surface area contributed by atoms with E-state index in [1.165, 1.54) is 14.0 Å². The maximum absolute atomic E-state index is 12.8. The minimum absolute atomic E-state index is 0.0630. The lowest BCUT2D eigenvalue weighted by atomic mass is 10.1. The molecule has 0 aromatic carbocycles. The van der Waals surface area contributed by atoms with Gasteiger partial charge in [-0.2, -0.15) is 0 Å². The molecule has 0 aliphatic carbocycles. The summed E-state index contributed by atoms with van der Waals surface area (Å²) < 4.78 is 10.2. The highest BCUT2D eigenvalue weighted by Gasteiger charge is 2.53. The minimum atomic E-state index is -1.05. The number of ketones is 1. The number of carbonyl (C=O) groups excluding carboxylic acids is 4. The molecule has 3 atom stereocenters. The molecule has 8 nitrogen and oxygen atoms in total. The Morgan fingerprint density at radius 1 is 1.32 bits per heavy atom. The van der Waals surface area contributed by atoms with Crippen LogP contribution in [0.5, 0.6) is 0 Å². The van der Waals surface area contributed by atoms with Crippen LogP contribution in [0.2, 0.25) is 0 Å². The van der Waals surface area contributed by atoms with Crippen LogP contribution in [0.25, 0.3) is 0 Å². The SMILES string of the molecule is COC(=O)c1c(C)[nH]c(C(=O)[C@H](C)OC(=O)[C@@H]2CS[C@]3(C)CCC(=O)N23)c1C. The van der Waals surface area contributed by atoms with Gasteiger partial charge in [-0.15, -0.1) is 11.8 Å². The van der Waals surface area contributed by atoms with Crippen LogP contribution in [0.1, 0.15) is 58.8 Å². The van der Waals surface area contributed by atoms with Crippen molar-refractivity contribution >= 4 is 35.4 Å². The molecule has 152 valence electrons. The number of amides is 1. The molecule has 2 saturated heterocycles. The smallest absolute Gasteiger partial charge is 0.339 e. The van der Waals surface area contributed by atoms with Crippen molar-refractivity contribution in [2.75, 3.05) is 12.9 Å². The number of ether oxygens (including phenoxy) is 2. The number of aromatic nitrogens is 1. The summed E-state index contributed by atoms with van der Waals surface area (Å²) in [6.45, 7) is 6.74. The van der Waals surface area contributed by atoms with E-state index in [1.54, 1.807) is 30.5 Å². The normalized spacial score (nSPS) is 24.8. The molecule has 0 unspecified atom stereocenters. The number of esters is 2. The molecule has 1 amide bonds. The first kappa shape index (κ1) is 20.4. The van der Waals surface area contributed by atoms with E-state index in [4.69, 9.17) is 9.47 Å². The first-order valence-corrected chi connectivity index (χ1v) is 10.1. The second-order valence-electron chi connectivity index (χ2n) is 7.33. The van der Waals surface area contributed by atoms with Crippen molar-refractivity contribution in [1.82, 2.24) is 9.88 Å². The summed E-state index contributed by atoms with van der Waals surface area (Å²) in [4.78, 5) is 53.7. The summed E-state index contributed by atoms with van der Waals surface area (Å²) in [5.41, 5.74) is 1.48. The first-order chi connectivity index (χ1) is 13.1. The van der Waals surface area contributed by atoms with Crippen LogP contribution in [0.15, 0.2) is 0 Å². The largest absolute Gasteiger partial charge is 0.465 e. The van der Waals surface area contributed by atoms with Gasteiger partial charge in [0.15, 0.2) is 6.10 Å². The van der Waals surface area contributed by atoms with Gasteiger partial charge in [0.05, 0.1) is 23.2 Å². The molecule has 0 radical (unpaired) electrons. The van der Waals surface area contributed by atoms with Gasteiger partial charge in [-0.25, -0.2) is 9.59 Å². The van der Waals surface area contributed by atoms with E-state index in [9.17, 15) is 19.2 Å². The van der Waals surface area contributed by atoms with Crippen LogP contribution in [0.4, 0.5) is 0 Å². The van der Waals surface area contributed by atoms with Gasteiger partial charge in [0.2, 0.25) is 11.7 Å². The van der Waals surface area contributed by atoms with E-state index >= 15 is 0 Å². The van der Waals surface area contributed by atoms with Gasteiger partial charge >= 0.3 is 11.9 Å². The van der Waals surface area contributed by atoms with E-state index < -0.39 is 29.9 Å². The van der Waals surface area contributed by atoms with Gasteiger partial charge in [0.1, 0.15) is 6.04 Å². The third-order valence-corrected chi connectivity index (χ3v) is 6.96. The van der Waals surface area contributed by atoms with Crippen molar-refractivity contribution in [3.8, 4) is 0 Å². The Morgan fingerprint density at radius 3 is 2.64 bits per heavy atom. The summed E-state index contributed by atoms with van der Waals surface area (Å²) in [7, 11) is 1.27. The van der Waals surface area contributed by atoms with Gasteiger partial charge in [0.25, 0.3) is 0 Å². The Labute approximate surface area is 167 Å². The summed E-state index contributed by atoms with van der Waals surface area (Å²) in [6.07, 6.45) is 0.0645. The Bertz CT molecular complexity index is 863. The van der Waals surface area contributed by atoms with Gasteiger partial charge in [-0.1, -0.05) is 0 Å². The highest BCUT2D eigenvalue weighted by molar-refractivity contribution is 8.01. The number of aryl methyl sites for hydroxylation is 1. The molecule has 1 aromatic heterocycles. The quantitative estimate of drug-likeness (QED) is 0.587. The minimum Gasteiger partial charge on any atom is -0.465 e. The topological polar surface area (TPSA) is 106 Å². The second kappa shape index (κ2) is 7.27. The Kier molecular flexibility index (Phi) is 5.31. The second-order valence-corrected chi connectivity index (χ2v) is 8.83. The fourth-order valence-electron chi connectivity index (χ4n) is 3.91. The zero-order chi connectivity index (χ0) is 20.8. The van der Waals surface area contributed by atoms with Crippen molar-refractivity contribution in [3.05, 3.63) is 22.5 Å². The van der Waals surface area contributed by atoms with Gasteiger partial charge in [-0.05, 0) is 39.7 Å². The predicted molar refractivity (Wildman–Crippen MR) is 102 cm³/mol. The Hall–Kier alpha value is -2.29. The molecule has 3 rings (SSSR count). The molecular weight excluding hydrogens is 384 g/mol. The van der Waals surface area contributed by atoms with E-state index in [0.717, 1.165) is 0 Å². The molecule has 0 saturated carbocycles. The molecule has 3 heterocycles. The highest BCUT2D eigenvalue weighted by atomic mass is 32.2. The summed E-state index contributed by atoms with van der Waals surface area (Å²) >= 11 is 1.56. The zero-order valence-corrected chi connectivity index (χ0v) is 17.4. The molecule has 28 heavy (non-hydrogen) atoms. The van der Waals surface area contributed by atoms with E-state index in [-0.39, 0.29) is 16.5 Å². The number of H-pyrrole nitrogens is 1. The standard InChI is InChI=1S/C19H24N2O6S/c1-9-14(18(25)26-5)10(2)20-15(9)16(23)11(3)27-17(24)12-8-28-19(4)7-6-13(22)21(12)19/h11-12,20H,6-8H2,1-5H3/t11-,12-,19+/m0/s1. The van der Waals surface area contributed by atoms with Crippen molar-refractivity contribution in [1.29, 1.82) is 0 Å². The monoisotopic (exact) mass is 408 g/mol. The summed E-state index contributed by atoms with van der Waals surface area (Å²) in [6, 6.07) is -0.683. The lowest BCUT2D eigenvalue weighted by Gasteiger charge is -2.29. The number of Topliss-reactive ketones (excluding diaryl/α,β-unsaturated/α-hetero) is 1. The van der Waals surface area contributed by atoms with Crippen molar-refractivity contribution in [2.24, 2.45) is 0 Å². The molecule has 2 aliphatic heterocycles. The van der Waals surface area contributed by atoms with E-state index in [0.29, 0.717) is 35.4 Å². The average molecular weight is 408 g/mol. The number of methoxy groups -OCH3 is 1. The van der Waals surface area contributed by atoms with Gasteiger partial charge < -0.3 is 19.4 Å². The zero-order valence-electron chi connectivity index (χ0n) is 16.6. The molecule has 1 aromatic rings. The first-order valence-electron chi connectivity index (χ1n) is 9.09. The Balaban J connectivity index is 1.74. The number of carbonyl (C=O) groups is 4. The van der Waals surface area contributed by atoms with Crippen LogP contribution in [-0.2, 0) is 19.1 Å². The van der Waals surface area contributed by atoms with Crippen LogP contribution in [0, 0.1) is 13.8 Å². The number of rotatable bonds is 5. The lowest BCUT2D eigenvalue weighted by Crippen LogP contribution is -2.47. The van der Waals surface area contributed by atoms with Crippen molar-refractivity contribution in [2.45, 2.75) is 57.6 Å². The predicted octanol–water partition coefficient (Wildman–Crippen LogP) is 1.99. The van der Waals surface area contributed by atoms with E-state index in [2.05, 4.69) is 4.98 Å². The lowest BCUT2D eigenvalue weighted by molar-refractivity contribution is -0.155. The molecule has 1 N–H and O–H groups in total. The van der Waals surface area contributed by atoms with Crippen LogP contribution >= 0.6 is 11.8 Å². The number of fused-ring (bicyclic) bond motifs is 1. The molecular formula is C19H24N2O6S. The molecule has 0 bridgehead atoms. The van der Waals surface area contributed by atoms with E-state index in [1.807, 2.05) is 6.92 Å². The number of hydrogen-bond acceptors (Lipinski definition) is 7. The van der Waals surface area contributed by atoms with Crippen LogP contribution < -0.4 is 0 Å². The third kappa shape index (κ3) is 3.21. The number of nitrogens with zero attached hydrogens (tertiary/aromatic N) is 1. The van der Waals surface area contributed by atoms with Crippen molar-refractivity contribution < 1.29 is 28.7 Å². The molecule has 9 heteroatoms. The fraction of sp³-hybridized carbons (Fsp3) is 0.579. The maximum atomic E-state index is 12.8. The molecule has 0 spiro atoms. The number of nitrogens with one attached hydrogen (secondary N) is 1. The van der Waals surface area contributed by atoms with Crippen LogP contribution in [0.3, 0.4) is 0 Å². The van der Waals surface area contributed by atoms with Gasteiger partial charge in [-0.3, -0.25) is 9.59 Å². The van der Waals surface area contributed by atoms with Crippen LogP contribution in [-0.4, -0.2) is 63.4 Å². The average Bonchev–Trinajstić information content (AvgIpc) is 3.24. The fourth-order valence-corrected chi connectivity index (χ4v) is 5.33. The molecule has 2 aliphatic rings. The molecule has 2 fully saturated rings.